The van der Waals surface area contributed by atoms with Crippen molar-refractivity contribution >= 4 is 34.5 Å². The van der Waals surface area contributed by atoms with E-state index < -0.39 is 17.5 Å². The average molecular weight is 456 g/mol. The molecule has 32 heavy (non-hydrogen) atoms. The van der Waals surface area contributed by atoms with E-state index in [0.717, 1.165) is 37.3 Å². The van der Waals surface area contributed by atoms with E-state index in [2.05, 4.69) is 27.0 Å². The van der Waals surface area contributed by atoms with Crippen molar-refractivity contribution in [3.63, 3.8) is 0 Å². The molecule has 0 bridgehead atoms. The summed E-state index contributed by atoms with van der Waals surface area (Å²) >= 11 is 1.81. The minimum absolute atomic E-state index is 0.166. The largest absolute Gasteiger partial charge is 0.367 e. The number of anilines is 2. The molecule has 2 N–H and O–H groups in total. The first kappa shape index (κ1) is 22.0. The van der Waals surface area contributed by atoms with Gasteiger partial charge >= 0.3 is 0 Å². The Balaban J connectivity index is 1.20. The van der Waals surface area contributed by atoms with Crippen LogP contribution in [0.4, 0.5) is 20.2 Å². The molecule has 0 saturated carbocycles. The van der Waals surface area contributed by atoms with Gasteiger partial charge in [-0.05, 0) is 66.2 Å². The van der Waals surface area contributed by atoms with Gasteiger partial charge in [0.05, 0.1) is 5.56 Å². The van der Waals surface area contributed by atoms with E-state index in [9.17, 15) is 18.4 Å². The van der Waals surface area contributed by atoms with Crippen LogP contribution >= 0.6 is 11.3 Å². The fourth-order valence-electron chi connectivity index (χ4n) is 3.67. The van der Waals surface area contributed by atoms with E-state index in [-0.39, 0.29) is 24.4 Å². The number of hydrogen-bond donors (Lipinski definition) is 2. The molecule has 0 unspecified atom stereocenters. The molecule has 0 radical (unpaired) electrons. The molecule has 8 heteroatoms. The number of halogens is 2. The molecule has 3 aromatic rings. The molecule has 0 spiro atoms. The molecule has 1 aliphatic rings. The first-order valence-electron chi connectivity index (χ1n) is 10.4. The standard InChI is InChI=1S/C24H23F2N3O2S/c25-17-3-8-20(21(26)14-17)24(31)27-11-1-2-23(30)28-18-4-6-19(7-5-18)29-12-9-22-16(15-29)10-13-32-22/h3-8,10,13-14H,1-2,9,11-12,15H2,(H,27,31)(H,28,30). The number of nitrogens with zero attached hydrogens (tertiary/aromatic N) is 1. The van der Waals surface area contributed by atoms with E-state index in [4.69, 9.17) is 0 Å². The third kappa shape index (κ3) is 5.31. The molecule has 0 atom stereocenters. The summed E-state index contributed by atoms with van der Waals surface area (Å²) in [5, 5.41) is 7.53. The summed E-state index contributed by atoms with van der Waals surface area (Å²) in [7, 11) is 0. The highest BCUT2D eigenvalue weighted by Gasteiger charge is 2.17. The summed E-state index contributed by atoms with van der Waals surface area (Å²) in [6.07, 6.45) is 1.66. The van der Waals surface area contributed by atoms with Crippen LogP contribution in [0.15, 0.2) is 53.9 Å². The maximum Gasteiger partial charge on any atom is 0.254 e. The van der Waals surface area contributed by atoms with Crippen LogP contribution in [0.3, 0.4) is 0 Å². The molecule has 1 aliphatic heterocycles. The summed E-state index contributed by atoms with van der Waals surface area (Å²) in [6.45, 7) is 2.09. The molecule has 0 aliphatic carbocycles. The molecule has 2 amide bonds. The van der Waals surface area contributed by atoms with E-state index in [1.807, 2.05) is 35.6 Å². The number of nitrogens with one attached hydrogen (secondary N) is 2. The Morgan fingerprint density at radius 3 is 2.66 bits per heavy atom. The number of carbonyl (C=O) groups excluding carboxylic acids is 2. The van der Waals surface area contributed by atoms with Crippen LogP contribution in [-0.4, -0.2) is 24.9 Å². The summed E-state index contributed by atoms with van der Waals surface area (Å²) in [5.41, 5.74) is 2.99. The Labute approximate surface area is 189 Å². The monoisotopic (exact) mass is 455 g/mol. The Morgan fingerprint density at radius 1 is 1.06 bits per heavy atom. The van der Waals surface area contributed by atoms with Crippen LogP contribution < -0.4 is 15.5 Å². The number of hydrogen-bond acceptors (Lipinski definition) is 4. The van der Waals surface area contributed by atoms with E-state index >= 15 is 0 Å². The summed E-state index contributed by atoms with van der Waals surface area (Å²) < 4.78 is 26.5. The Morgan fingerprint density at radius 2 is 1.88 bits per heavy atom. The number of amides is 2. The third-order valence-corrected chi connectivity index (χ3v) is 6.39. The topological polar surface area (TPSA) is 61.4 Å². The van der Waals surface area contributed by atoms with Gasteiger partial charge in [-0.2, -0.15) is 0 Å². The first-order chi connectivity index (χ1) is 15.5. The highest BCUT2D eigenvalue weighted by molar-refractivity contribution is 7.10. The Kier molecular flexibility index (Phi) is 6.80. The summed E-state index contributed by atoms with van der Waals surface area (Å²) in [6, 6.07) is 12.7. The second-order valence-electron chi connectivity index (χ2n) is 7.62. The molecule has 4 rings (SSSR count). The SMILES string of the molecule is O=C(CCCNC(=O)c1ccc(F)cc1F)Nc1ccc(N2CCc3sccc3C2)cc1. The van der Waals surface area contributed by atoms with Gasteiger partial charge in [-0.15, -0.1) is 11.3 Å². The first-order valence-corrected chi connectivity index (χ1v) is 11.3. The smallest absolute Gasteiger partial charge is 0.254 e. The van der Waals surface area contributed by atoms with Gasteiger partial charge in [0.2, 0.25) is 5.91 Å². The molecule has 1 aromatic heterocycles. The van der Waals surface area contributed by atoms with Crippen molar-refractivity contribution in [1.82, 2.24) is 5.32 Å². The van der Waals surface area contributed by atoms with Crippen molar-refractivity contribution in [1.29, 1.82) is 0 Å². The molecule has 2 heterocycles. The van der Waals surface area contributed by atoms with Gasteiger partial charge in [-0.1, -0.05) is 0 Å². The Hall–Kier alpha value is -3.26. The number of fused-ring (bicyclic) bond motifs is 1. The molecule has 5 nitrogen and oxygen atoms in total. The summed E-state index contributed by atoms with van der Waals surface area (Å²) in [5.74, 6) is -2.45. The van der Waals surface area contributed by atoms with E-state index in [0.29, 0.717) is 18.2 Å². The van der Waals surface area contributed by atoms with E-state index in [1.165, 1.54) is 10.4 Å². The van der Waals surface area contributed by atoms with Gasteiger partial charge in [-0.3, -0.25) is 9.59 Å². The van der Waals surface area contributed by atoms with Gasteiger partial charge in [0.1, 0.15) is 11.6 Å². The van der Waals surface area contributed by atoms with Crippen LogP contribution in [0.1, 0.15) is 33.6 Å². The van der Waals surface area contributed by atoms with Crippen LogP contribution in [0.5, 0.6) is 0 Å². The van der Waals surface area contributed by atoms with Crippen molar-refractivity contribution in [2.75, 3.05) is 23.3 Å². The lowest BCUT2D eigenvalue weighted by Gasteiger charge is -2.29. The third-order valence-electron chi connectivity index (χ3n) is 5.37. The fraction of sp³-hybridized carbons (Fsp3) is 0.250. The van der Waals surface area contributed by atoms with Crippen molar-refractivity contribution in [3.05, 3.63) is 81.5 Å². The zero-order valence-electron chi connectivity index (χ0n) is 17.4. The average Bonchev–Trinajstić information content (AvgIpc) is 3.25. The van der Waals surface area contributed by atoms with Crippen LogP contribution in [0, 0.1) is 11.6 Å². The second kappa shape index (κ2) is 9.91. The number of benzene rings is 2. The van der Waals surface area contributed by atoms with Crippen molar-refractivity contribution in [2.24, 2.45) is 0 Å². The van der Waals surface area contributed by atoms with E-state index in [1.54, 1.807) is 0 Å². The summed E-state index contributed by atoms with van der Waals surface area (Å²) in [4.78, 5) is 27.9. The zero-order chi connectivity index (χ0) is 22.5. The predicted molar refractivity (Wildman–Crippen MR) is 122 cm³/mol. The number of rotatable bonds is 7. The van der Waals surface area contributed by atoms with Crippen molar-refractivity contribution in [3.8, 4) is 0 Å². The maximum atomic E-state index is 13.6. The van der Waals surface area contributed by atoms with Crippen molar-refractivity contribution < 1.29 is 18.4 Å². The van der Waals surface area contributed by atoms with Gasteiger partial charge in [-0.25, -0.2) is 8.78 Å². The van der Waals surface area contributed by atoms with Crippen LogP contribution in [-0.2, 0) is 17.8 Å². The predicted octanol–water partition coefficient (Wildman–Crippen LogP) is 4.74. The highest BCUT2D eigenvalue weighted by Crippen LogP contribution is 2.28. The molecule has 166 valence electrons. The lowest BCUT2D eigenvalue weighted by molar-refractivity contribution is -0.116. The number of thiophene rings is 1. The lowest BCUT2D eigenvalue weighted by atomic mass is 10.1. The van der Waals surface area contributed by atoms with Crippen LogP contribution in [0.25, 0.3) is 0 Å². The number of carbonyl (C=O) groups is 2. The quantitative estimate of drug-likeness (QED) is 0.506. The lowest BCUT2D eigenvalue weighted by Crippen LogP contribution is -2.29. The second-order valence-corrected chi connectivity index (χ2v) is 8.62. The van der Waals surface area contributed by atoms with Crippen molar-refractivity contribution in [2.45, 2.75) is 25.8 Å². The molecule has 0 fully saturated rings. The minimum Gasteiger partial charge on any atom is -0.367 e. The minimum atomic E-state index is -0.913. The fourth-order valence-corrected chi connectivity index (χ4v) is 4.56. The van der Waals surface area contributed by atoms with Gasteiger partial charge < -0.3 is 15.5 Å². The zero-order valence-corrected chi connectivity index (χ0v) is 18.2. The van der Waals surface area contributed by atoms with Gasteiger partial charge in [0.25, 0.3) is 5.91 Å². The molecular weight excluding hydrogens is 432 g/mol. The molecule has 2 aromatic carbocycles. The molecular formula is C24H23F2N3O2S. The van der Waals surface area contributed by atoms with Gasteiger partial charge in [0.15, 0.2) is 0 Å². The highest BCUT2D eigenvalue weighted by atomic mass is 32.1. The Bertz CT molecular complexity index is 1110. The van der Waals surface area contributed by atoms with Gasteiger partial charge in [0, 0.05) is 48.4 Å². The van der Waals surface area contributed by atoms with Crippen LogP contribution in [0.2, 0.25) is 0 Å². The normalized spacial score (nSPS) is 12.9. The maximum absolute atomic E-state index is 13.6. The molecule has 0 saturated heterocycles.